The van der Waals surface area contributed by atoms with Crippen molar-refractivity contribution in [3.63, 3.8) is 0 Å². The average molecular weight is 251 g/mol. The molecule has 0 aromatic heterocycles. The van der Waals surface area contributed by atoms with Gasteiger partial charge < -0.3 is 4.80 Å². The predicted molar refractivity (Wildman–Crippen MR) is 12.2 cm³/mol. The van der Waals surface area contributed by atoms with Crippen LogP contribution in [0.5, 0.6) is 0 Å². The molecule has 0 aliphatic heterocycles. The molecule has 0 rings (SSSR count). The third-order valence-electron chi connectivity index (χ3n) is 0. The standard InChI is InChI=1S/Cr.Mn.Mo.H4OSi/c;;;1-2/h;;;1H,2H3. The Morgan fingerprint density at radius 1 is 1.20 bits per heavy atom. The van der Waals surface area contributed by atoms with Crippen LogP contribution in [0, 0.1) is 0 Å². The first kappa shape index (κ1) is 28.5. The summed E-state index contributed by atoms with van der Waals surface area (Å²) in [6, 6.07) is 0. The molecule has 1 nitrogen and oxygen atoms in total. The van der Waals surface area contributed by atoms with Gasteiger partial charge in [-0.05, 0) is 0 Å². The molecule has 0 fully saturated rings. The fourth-order valence-electron chi connectivity index (χ4n) is 0. The van der Waals surface area contributed by atoms with Crippen molar-refractivity contribution in [2.45, 2.75) is 0 Å². The molecular formula is H4CrMnMoOSi. The molecule has 1 N–H and O–H groups in total. The van der Waals surface area contributed by atoms with Gasteiger partial charge in [0.2, 0.25) is 0 Å². The van der Waals surface area contributed by atoms with Gasteiger partial charge >= 0.3 is 0 Å². The van der Waals surface area contributed by atoms with Crippen molar-refractivity contribution in [2.24, 2.45) is 0 Å². The van der Waals surface area contributed by atoms with E-state index in [1.54, 1.807) is 0 Å². The van der Waals surface area contributed by atoms with Crippen molar-refractivity contribution < 1.29 is 60.3 Å². The monoisotopic (exact) mass is 253 g/mol. The van der Waals surface area contributed by atoms with Gasteiger partial charge in [0.05, 0.1) is 0 Å². The number of rotatable bonds is 0. The van der Waals surface area contributed by atoms with Gasteiger partial charge in [0.1, 0.15) is 10.5 Å². The van der Waals surface area contributed by atoms with Gasteiger partial charge in [-0.3, -0.25) is 0 Å². The van der Waals surface area contributed by atoms with Crippen LogP contribution >= 0.6 is 0 Å². The summed E-state index contributed by atoms with van der Waals surface area (Å²) in [6.45, 7) is 0. The minimum atomic E-state index is 0. The van der Waals surface area contributed by atoms with E-state index in [1.165, 1.54) is 0 Å². The van der Waals surface area contributed by atoms with Crippen molar-refractivity contribution in [3.05, 3.63) is 0 Å². The Morgan fingerprint density at radius 2 is 1.20 bits per heavy atom. The molecule has 1 radical (unpaired) electrons. The number of hydrogen-bond acceptors (Lipinski definition) is 1. The molecule has 5 heavy (non-hydrogen) atoms. The summed E-state index contributed by atoms with van der Waals surface area (Å²) in [6.07, 6.45) is 0. The van der Waals surface area contributed by atoms with Crippen molar-refractivity contribution in [1.29, 1.82) is 0 Å². The smallest absolute Gasteiger partial charge is 0.141 e. The summed E-state index contributed by atoms with van der Waals surface area (Å²) in [7, 11) is 0.306. The summed E-state index contributed by atoms with van der Waals surface area (Å²) < 4.78 is 0. The van der Waals surface area contributed by atoms with E-state index in [0.29, 0.717) is 10.5 Å². The van der Waals surface area contributed by atoms with Crippen LogP contribution in [0.3, 0.4) is 0 Å². The van der Waals surface area contributed by atoms with Gasteiger partial charge in [0.25, 0.3) is 0 Å². The first-order chi connectivity index (χ1) is 1.00. The minimum Gasteiger partial charge on any atom is -0.442 e. The van der Waals surface area contributed by atoms with E-state index in [0.717, 1.165) is 0 Å². The zero-order chi connectivity index (χ0) is 2.00. The van der Waals surface area contributed by atoms with Gasteiger partial charge in [-0.1, -0.05) is 0 Å². The molecule has 33 valence electrons. The van der Waals surface area contributed by atoms with Crippen molar-refractivity contribution in [2.75, 3.05) is 0 Å². The van der Waals surface area contributed by atoms with Crippen LogP contribution in [0.1, 0.15) is 0 Å². The molecule has 0 aromatic rings. The summed E-state index contributed by atoms with van der Waals surface area (Å²) >= 11 is 0. The van der Waals surface area contributed by atoms with Crippen molar-refractivity contribution >= 4 is 10.5 Å². The second-order valence-electron chi connectivity index (χ2n) is 0. The Hall–Kier alpha value is 1.92. The first-order valence-corrected chi connectivity index (χ1v) is 1.34. The third-order valence-corrected chi connectivity index (χ3v) is 0. The molecule has 0 unspecified atom stereocenters. The van der Waals surface area contributed by atoms with E-state index in [-0.39, 0.29) is 55.5 Å². The van der Waals surface area contributed by atoms with Crippen LogP contribution in [-0.4, -0.2) is 15.3 Å². The molecule has 0 saturated heterocycles. The summed E-state index contributed by atoms with van der Waals surface area (Å²) in [5.74, 6) is 0. The normalized spacial score (nSPS) is 1.80. The molecule has 5 heteroatoms. The quantitative estimate of drug-likeness (QED) is 0.506. The van der Waals surface area contributed by atoms with Crippen LogP contribution in [0.2, 0.25) is 0 Å². The van der Waals surface area contributed by atoms with Crippen LogP contribution < -0.4 is 0 Å². The average Bonchev–Trinajstić information content (AvgIpc) is 1.00. The SMILES string of the molecule is O[SiH3].[Cr].[Mn].[Mo]. The predicted octanol–water partition coefficient (Wildman–Crippen LogP) is -1.75. The fraction of sp³-hybridized carbons (Fsp3) is 0. The van der Waals surface area contributed by atoms with Crippen LogP contribution in [0.25, 0.3) is 0 Å². The Morgan fingerprint density at radius 3 is 1.20 bits per heavy atom. The van der Waals surface area contributed by atoms with Gasteiger partial charge in [0, 0.05) is 55.5 Å². The maximum atomic E-state index is 7.14. The maximum Gasteiger partial charge on any atom is 0.141 e. The Kier molecular flexibility index (Phi) is 222. The number of hydrogen-bond donors (Lipinski definition) is 1. The summed E-state index contributed by atoms with van der Waals surface area (Å²) in [4.78, 5) is 7.14. The van der Waals surface area contributed by atoms with Gasteiger partial charge in [-0.25, -0.2) is 0 Å². The Labute approximate surface area is 70.3 Å². The molecule has 0 aliphatic rings. The molecule has 0 amide bonds. The summed E-state index contributed by atoms with van der Waals surface area (Å²) in [5.41, 5.74) is 0. The second-order valence-corrected chi connectivity index (χ2v) is 0. The van der Waals surface area contributed by atoms with Gasteiger partial charge in [-0.2, -0.15) is 0 Å². The molecule has 0 saturated carbocycles. The largest absolute Gasteiger partial charge is 0.442 e. The van der Waals surface area contributed by atoms with E-state index in [1.807, 2.05) is 0 Å². The van der Waals surface area contributed by atoms with E-state index in [2.05, 4.69) is 0 Å². The molecular weight excluding hydrogens is 247 g/mol. The van der Waals surface area contributed by atoms with Gasteiger partial charge in [0.15, 0.2) is 0 Å². The van der Waals surface area contributed by atoms with Crippen LogP contribution in [-0.2, 0) is 55.5 Å². The first-order valence-electron chi connectivity index (χ1n) is 0.447. The van der Waals surface area contributed by atoms with Crippen LogP contribution in [0.4, 0.5) is 0 Å². The molecule has 0 spiro atoms. The topological polar surface area (TPSA) is 20.2 Å². The van der Waals surface area contributed by atoms with E-state index in [4.69, 9.17) is 4.80 Å². The maximum absolute atomic E-state index is 7.14. The molecule has 0 aromatic carbocycles. The molecule has 0 bridgehead atoms. The molecule has 0 aliphatic carbocycles. The molecule has 0 heterocycles. The Bertz CT molecular complexity index is 11.6. The van der Waals surface area contributed by atoms with Crippen molar-refractivity contribution in [3.8, 4) is 0 Å². The van der Waals surface area contributed by atoms with E-state index in [9.17, 15) is 0 Å². The Balaban J connectivity index is -0.00000000167. The third kappa shape index (κ3) is 24.7. The fourth-order valence-corrected chi connectivity index (χ4v) is 0. The van der Waals surface area contributed by atoms with Gasteiger partial charge in [-0.15, -0.1) is 0 Å². The zero-order valence-corrected chi connectivity index (χ0v) is 9.10. The zero-order valence-electron chi connectivity index (χ0n) is 2.64. The molecule has 0 atom stereocenters. The van der Waals surface area contributed by atoms with E-state index >= 15 is 0 Å². The van der Waals surface area contributed by atoms with Crippen LogP contribution in [0.15, 0.2) is 0 Å². The second kappa shape index (κ2) is 38.9. The van der Waals surface area contributed by atoms with E-state index < -0.39 is 0 Å². The summed E-state index contributed by atoms with van der Waals surface area (Å²) in [5, 5.41) is 0. The minimum absolute atomic E-state index is 0. The van der Waals surface area contributed by atoms with Crippen molar-refractivity contribution in [1.82, 2.24) is 0 Å².